The minimum absolute atomic E-state index is 0.118. The Balaban J connectivity index is 2.26. The minimum atomic E-state index is -0.703. The number of amides is 2. The lowest BCUT2D eigenvalue weighted by atomic mass is 9.99. The second-order valence-corrected chi connectivity index (χ2v) is 6.06. The van der Waals surface area contributed by atoms with Crippen LogP contribution in [-0.4, -0.2) is 34.9 Å². The van der Waals surface area contributed by atoms with E-state index in [4.69, 9.17) is 4.74 Å². The molecule has 0 unspecified atom stereocenters. The Morgan fingerprint density at radius 2 is 1.70 bits per heavy atom. The van der Waals surface area contributed by atoms with Crippen LogP contribution in [0.4, 0.5) is 5.69 Å². The lowest BCUT2D eigenvalue weighted by Crippen LogP contribution is -2.31. The van der Waals surface area contributed by atoms with E-state index in [1.54, 1.807) is 0 Å². The van der Waals surface area contributed by atoms with Gasteiger partial charge in [0.15, 0.2) is 17.3 Å². The molecule has 27 heavy (non-hydrogen) atoms. The molecule has 1 aliphatic heterocycles. The van der Waals surface area contributed by atoms with Gasteiger partial charge in [-0.25, -0.2) is 4.90 Å². The van der Waals surface area contributed by atoms with E-state index >= 15 is 0 Å². The third-order valence-corrected chi connectivity index (χ3v) is 4.33. The van der Waals surface area contributed by atoms with Gasteiger partial charge in [-0.3, -0.25) is 14.4 Å². The highest BCUT2D eigenvalue weighted by atomic mass is 16.5. The molecule has 1 heterocycles. The third-order valence-electron chi connectivity index (χ3n) is 4.33. The molecule has 1 aliphatic rings. The van der Waals surface area contributed by atoms with Gasteiger partial charge in [-0.2, -0.15) is 0 Å². The zero-order valence-corrected chi connectivity index (χ0v) is 14.9. The molecule has 0 bridgehead atoms. The molecule has 7 heteroatoms. The van der Waals surface area contributed by atoms with E-state index in [1.807, 2.05) is 0 Å². The molecule has 0 spiro atoms. The van der Waals surface area contributed by atoms with Gasteiger partial charge in [0.25, 0.3) is 5.91 Å². The van der Waals surface area contributed by atoms with E-state index in [-0.39, 0.29) is 39.7 Å². The zero-order valence-electron chi connectivity index (χ0n) is 14.9. The number of carbonyl (C=O) groups is 3. The van der Waals surface area contributed by atoms with Crippen LogP contribution >= 0.6 is 0 Å². The van der Waals surface area contributed by atoms with Crippen molar-refractivity contribution in [3.05, 3.63) is 53.1 Å². The maximum absolute atomic E-state index is 12.8. The SMILES string of the molecule is COc1ccc(/C(O)=C2/C(=O)N(C(C)=O)c3ccc(C(C)=O)cc32)cc1O. The number of phenolic OH excluding ortho intramolecular Hbond substituents is 1. The van der Waals surface area contributed by atoms with Crippen LogP contribution in [0.25, 0.3) is 11.3 Å². The van der Waals surface area contributed by atoms with Gasteiger partial charge in [0, 0.05) is 23.6 Å². The average Bonchev–Trinajstić information content (AvgIpc) is 2.91. The number of aromatic hydroxyl groups is 1. The standard InChI is InChI=1S/C20H17NO6/c1-10(22)12-4-6-15-14(8-12)18(20(26)21(15)11(2)23)19(25)13-5-7-17(27-3)16(24)9-13/h4-9,24-25H,1-3H3/b19-18-. The quantitative estimate of drug-likeness (QED) is 0.491. The molecule has 2 aromatic carbocycles. The van der Waals surface area contributed by atoms with Gasteiger partial charge in [0.05, 0.1) is 18.4 Å². The summed E-state index contributed by atoms with van der Waals surface area (Å²) in [7, 11) is 1.39. The van der Waals surface area contributed by atoms with Gasteiger partial charge in [0.2, 0.25) is 5.91 Å². The summed E-state index contributed by atoms with van der Waals surface area (Å²) in [5, 5.41) is 20.7. The maximum atomic E-state index is 12.8. The van der Waals surface area contributed by atoms with E-state index in [0.29, 0.717) is 5.56 Å². The third kappa shape index (κ3) is 2.93. The summed E-state index contributed by atoms with van der Waals surface area (Å²) in [4.78, 5) is 37.4. The Morgan fingerprint density at radius 3 is 2.26 bits per heavy atom. The smallest absolute Gasteiger partial charge is 0.269 e. The number of phenols is 1. The van der Waals surface area contributed by atoms with Crippen LogP contribution in [0.15, 0.2) is 36.4 Å². The first kappa shape index (κ1) is 18.2. The average molecular weight is 367 g/mol. The number of fused-ring (bicyclic) bond motifs is 1. The fourth-order valence-electron chi connectivity index (χ4n) is 3.01. The van der Waals surface area contributed by atoms with Crippen molar-refractivity contribution >= 4 is 34.6 Å². The Hall–Kier alpha value is -3.61. The summed E-state index contributed by atoms with van der Waals surface area (Å²) in [5.41, 5.74) is 0.955. The molecule has 0 fully saturated rings. The summed E-state index contributed by atoms with van der Waals surface area (Å²) >= 11 is 0. The molecule has 0 saturated heterocycles. The van der Waals surface area contributed by atoms with Gasteiger partial charge in [-0.1, -0.05) is 0 Å². The number of benzene rings is 2. The second kappa shape index (κ2) is 6.60. The van der Waals surface area contributed by atoms with Crippen LogP contribution in [0.3, 0.4) is 0 Å². The van der Waals surface area contributed by atoms with Crippen LogP contribution in [0.1, 0.15) is 35.3 Å². The van der Waals surface area contributed by atoms with Crippen molar-refractivity contribution in [2.45, 2.75) is 13.8 Å². The first-order chi connectivity index (χ1) is 12.8. The molecule has 2 amide bonds. The largest absolute Gasteiger partial charge is 0.506 e. The maximum Gasteiger partial charge on any atom is 0.269 e. The van der Waals surface area contributed by atoms with Crippen molar-refractivity contribution in [3.8, 4) is 11.5 Å². The number of aliphatic hydroxyl groups is 1. The summed E-state index contributed by atoms with van der Waals surface area (Å²) in [6.07, 6.45) is 0. The highest BCUT2D eigenvalue weighted by molar-refractivity contribution is 6.42. The molecular weight excluding hydrogens is 350 g/mol. The highest BCUT2D eigenvalue weighted by Crippen LogP contribution is 2.41. The number of Topliss-reactive ketones (excluding diaryl/α,β-unsaturated/α-hetero) is 1. The molecule has 0 aliphatic carbocycles. The first-order valence-corrected chi connectivity index (χ1v) is 8.07. The van der Waals surface area contributed by atoms with E-state index in [1.165, 1.54) is 57.4 Å². The summed E-state index contributed by atoms with van der Waals surface area (Å²) in [6, 6.07) is 8.64. The Morgan fingerprint density at radius 1 is 1.04 bits per heavy atom. The Kier molecular flexibility index (Phi) is 4.45. The molecular formula is C20H17NO6. The number of imide groups is 1. The predicted octanol–water partition coefficient (Wildman–Crippen LogP) is 2.92. The van der Waals surface area contributed by atoms with Gasteiger partial charge < -0.3 is 14.9 Å². The molecule has 2 N–H and O–H groups in total. The second-order valence-electron chi connectivity index (χ2n) is 6.06. The monoisotopic (exact) mass is 367 g/mol. The molecule has 2 aromatic rings. The highest BCUT2D eigenvalue weighted by Gasteiger charge is 2.38. The molecule has 0 saturated carbocycles. The topological polar surface area (TPSA) is 104 Å². The number of hydrogen-bond acceptors (Lipinski definition) is 6. The van der Waals surface area contributed by atoms with Gasteiger partial charge in [0.1, 0.15) is 5.76 Å². The van der Waals surface area contributed by atoms with Gasteiger partial charge in [-0.15, -0.1) is 0 Å². The van der Waals surface area contributed by atoms with E-state index in [2.05, 4.69) is 0 Å². The van der Waals surface area contributed by atoms with Crippen LogP contribution in [0.2, 0.25) is 0 Å². The van der Waals surface area contributed by atoms with Crippen molar-refractivity contribution < 1.29 is 29.3 Å². The number of carbonyl (C=O) groups excluding carboxylic acids is 3. The van der Waals surface area contributed by atoms with E-state index < -0.39 is 17.6 Å². The number of anilines is 1. The molecule has 0 aromatic heterocycles. The number of ether oxygens (including phenoxy) is 1. The van der Waals surface area contributed by atoms with Crippen LogP contribution < -0.4 is 9.64 Å². The molecule has 3 rings (SSSR count). The van der Waals surface area contributed by atoms with Crippen molar-refractivity contribution in [1.82, 2.24) is 0 Å². The molecule has 0 radical (unpaired) electrons. The fourth-order valence-corrected chi connectivity index (χ4v) is 3.01. The Bertz CT molecular complexity index is 1020. The van der Waals surface area contributed by atoms with Crippen molar-refractivity contribution in [3.63, 3.8) is 0 Å². The Labute approximate surface area is 155 Å². The lowest BCUT2D eigenvalue weighted by Gasteiger charge is -2.12. The summed E-state index contributed by atoms with van der Waals surface area (Å²) < 4.78 is 4.97. The summed E-state index contributed by atoms with van der Waals surface area (Å²) in [6.45, 7) is 2.62. The van der Waals surface area contributed by atoms with E-state index in [0.717, 1.165) is 4.90 Å². The van der Waals surface area contributed by atoms with Gasteiger partial charge in [-0.05, 0) is 43.3 Å². The van der Waals surface area contributed by atoms with Gasteiger partial charge >= 0.3 is 0 Å². The van der Waals surface area contributed by atoms with Crippen LogP contribution in [-0.2, 0) is 9.59 Å². The number of methoxy groups -OCH3 is 1. The summed E-state index contributed by atoms with van der Waals surface area (Å²) in [5.74, 6) is -1.85. The van der Waals surface area contributed by atoms with Crippen LogP contribution in [0, 0.1) is 0 Å². The minimum Gasteiger partial charge on any atom is -0.506 e. The van der Waals surface area contributed by atoms with E-state index in [9.17, 15) is 24.6 Å². The number of ketones is 1. The van der Waals surface area contributed by atoms with Crippen molar-refractivity contribution in [2.24, 2.45) is 0 Å². The molecule has 7 nitrogen and oxygen atoms in total. The van der Waals surface area contributed by atoms with Crippen LogP contribution in [0.5, 0.6) is 11.5 Å². The molecule has 138 valence electrons. The van der Waals surface area contributed by atoms with Crippen molar-refractivity contribution in [1.29, 1.82) is 0 Å². The number of hydrogen-bond donors (Lipinski definition) is 2. The predicted molar refractivity (Wildman–Crippen MR) is 98.7 cm³/mol. The molecule has 0 atom stereocenters. The fraction of sp³-hybridized carbons (Fsp3) is 0.150. The number of aliphatic hydroxyl groups excluding tert-OH is 1. The first-order valence-electron chi connectivity index (χ1n) is 8.07. The van der Waals surface area contributed by atoms with Crippen molar-refractivity contribution in [2.75, 3.05) is 12.0 Å². The number of nitrogens with zero attached hydrogens (tertiary/aromatic N) is 1. The number of rotatable bonds is 3. The lowest BCUT2D eigenvalue weighted by molar-refractivity contribution is -0.122. The zero-order chi connectivity index (χ0) is 19.9. The normalized spacial score (nSPS) is 14.8.